The first kappa shape index (κ1) is 18.3. The Morgan fingerprint density at radius 3 is 2.46 bits per heavy atom. The summed E-state index contributed by atoms with van der Waals surface area (Å²) in [5.41, 5.74) is 2.88. The van der Waals surface area contributed by atoms with E-state index in [2.05, 4.69) is 24.0 Å². The Bertz CT molecular complexity index is 753. The molecule has 3 aliphatic heterocycles. The van der Waals surface area contributed by atoms with Gasteiger partial charge >= 0.3 is 0 Å². The van der Waals surface area contributed by atoms with Gasteiger partial charge in [0.05, 0.1) is 19.8 Å². The number of carbonyl (C=O) groups excluding carboxylic acids is 1. The number of morpholine rings is 1. The largest absolute Gasteiger partial charge is 0.486 e. The van der Waals surface area contributed by atoms with Crippen LogP contribution in [0.3, 0.4) is 0 Å². The zero-order valence-electron chi connectivity index (χ0n) is 16.7. The highest BCUT2D eigenvalue weighted by atomic mass is 16.6. The third-order valence-corrected chi connectivity index (χ3v) is 7.05. The predicted octanol–water partition coefficient (Wildman–Crippen LogP) is 2.50. The summed E-state index contributed by atoms with van der Waals surface area (Å²) in [4.78, 5) is 17.3. The summed E-state index contributed by atoms with van der Waals surface area (Å²) in [6.45, 7) is 7.61. The molecule has 0 bridgehead atoms. The minimum atomic E-state index is 0.142. The maximum Gasteiger partial charge on any atom is 0.236 e. The SMILES string of the molecule is CC1c2cc3c(cc2C2(CCCC2)CN1CC(=O)N1CCOCC1)OCCO3. The molecular formula is C22H30N2O4. The smallest absolute Gasteiger partial charge is 0.236 e. The Kier molecular flexibility index (Phi) is 4.71. The van der Waals surface area contributed by atoms with Crippen LogP contribution < -0.4 is 9.47 Å². The average molecular weight is 386 g/mol. The molecule has 152 valence electrons. The summed E-state index contributed by atoms with van der Waals surface area (Å²) in [5.74, 6) is 1.97. The summed E-state index contributed by atoms with van der Waals surface area (Å²) in [6.07, 6.45) is 4.89. The van der Waals surface area contributed by atoms with E-state index in [9.17, 15) is 4.79 Å². The second kappa shape index (κ2) is 7.23. The van der Waals surface area contributed by atoms with E-state index in [4.69, 9.17) is 14.2 Å². The first-order chi connectivity index (χ1) is 13.7. The summed E-state index contributed by atoms with van der Waals surface area (Å²) in [5, 5.41) is 0. The fourth-order valence-corrected chi connectivity index (χ4v) is 5.48. The lowest BCUT2D eigenvalue weighted by Crippen LogP contribution is -2.51. The number of amides is 1. The van der Waals surface area contributed by atoms with Gasteiger partial charge in [0.2, 0.25) is 5.91 Å². The van der Waals surface area contributed by atoms with Crippen LogP contribution in [0.5, 0.6) is 11.5 Å². The van der Waals surface area contributed by atoms with Gasteiger partial charge in [-0.3, -0.25) is 9.69 Å². The minimum Gasteiger partial charge on any atom is -0.486 e. The molecule has 1 unspecified atom stereocenters. The van der Waals surface area contributed by atoms with E-state index in [-0.39, 0.29) is 17.4 Å². The number of nitrogens with zero attached hydrogens (tertiary/aromatic N) is 2. The molecular weight excluding hydrogens is 356 g/mol. The Hall–Kier alpha value is -1.79. The fourth-order valence-electron chi connectivity index (χ4n) is 5.48. The van der Waals surface area contributed by atoms with E-state index >= 15 is 0 Å². The van der Waals surface area contributed by atoms with Gasteiger partial charge in [0, 0.05) is 31.1 Å². The van der Waals surface area contributed by atoms with E-state index < -0.39 is 0 Å². The molecule has 2 fully saturated rings. The van der Waals surface area contributed by atoms with Crippen molar-refractivity contribution in [3.05, 3.63) is 23.3 Å². The topological polar surface area (TPSA) is 51.2 Å². The van der Waals surface area contributed by atoms with E-state index in [0.717, 1.165) is 18.0 Å². The molecule has 28 heavy (non-hydrogen) atoms. The van der Waals surface area contributed by atoms with Gasteiger partial charge in [-0.15, -0.1) is 0 Å². The lowest BCUT2D eigenvalue weighted by Gasteiger charge is -2.46. The van der Waals surface area contributed by atoms with Crippen molar-refractivity contribution in [3.63, 3.8) is 0 Å². The molecule has 1 spiro atoms. The van der Waals surface area contributed by atoms with E-state index in [1.165, 1.54) is 36.8 Å². The number of rotatable bonds is 2. The number of fused-ring (bicyclic) bond motifs is 3. The molecule has 5 rings (SSSR count). The lowest BCUT2D eigenvalue weighted by atomic mass is 9.71. The van der Waals surface area contributed by atoms with Crippen molar-refractivity contribution in [2.45, 2.75) is 44.1 Å². The minimum absolute atomic E-state index is 0.142. The maximum atomic E-state index is 12.9. The van der Waals surface area contributed by atoms with Gasteiger partial charge in [0.15, 0.2) is 11.5 Å². The van der Waals surface area contributed by atoms with Crippen molar-refractivity contribution >= 4 is 5.91 Å². The molecule has 1 atom stereocenters. The van der Waals surface area contributed by atoms with Gasteiger partial charge in [-0.05, 0) is 43.0 Å². The van der Waals surface area contributed by atoms with E-state index in [1.54, 1.807) is 0 Å². The molecule has 6 nitrogen and oxygen atoms in total. The number of hydrogen-bond donors (Lipinski definition) is 0. The Morgan fingerprint density at radius 1 is 1.07 bits per heavy atom. The number of hydrogen-bond acceptors (Lipinski definition) is 5. The van der Waals surface area contributed by atoms with Gasteiger partial charge in [-0.25, -0.2) is 0 Å². The second-order valence-corrected chi connectivity index (χ2v) is 8.64. The molecule has 1 amide bonds. The molecule has 1 aromatic carbocycles. The Morgan fingerprint density at radius 2 is 1.75 bits per heavy atom. The molecule has 0 radical (unpaired) electrons. The summed E-state index contributed by atoms with van der Waals surface area (Å²) in [7, 11) is 0. The number of benzene rings is 1. The normalized spacial score (nSPS) is 26.3. The van der Waals surface area contributed by atoms with Gasteiger partial charge in [0.1, 0.15) is 13.2 Å². The first-order valence-electron chi connectivity index (χ1n) is 10.7. The molecule has 0 aromatic heterocycles. The summed E-state index contributed by atoms with van der Waals surface area (Å²) < 4.78 is 17.2. The quantitative estimate of drug-likeness (QED) is 0.782. The first-order valence-corrected chi connectivity index (χ1v) is 10.7. The van der Waals surface area contributed by atoms with Crippen LogP contribution in [0, 0.1) is 0 Å². The maximum absolute atomic E-state index is 12.9. The average Bonchev–Trinajstić information content (AvgIpc) is 3.21. The van der Waals surface area contributed by atoms with Crippen LogP contribution in [0.2, 0.25) is 0 Å². The molecule has 1 aliphatic carbocycles. The highest BCUT2D eigenvalue weighted by Crippen LogP contribution is 2.51. The highest BCUT2D eigenvalue weighted by molar-refractivity contribution is 5.78. The van der Waals surface area contributed by atoms with E-state index in [0.29, 0.717) is 46.1 Å². The highest BCUT2D eigenvalue weighted by Gasteiger charge is 2.45. The predicted molar refractivity (Wildman–Crippen MR) is 105 cm³/mol. The van der Waals surface area contributed by atoms with Crippen LogP contribution in [0.15, 0.2) is 12.1 Å². The summed E-state index contributed by atoms with van der Waals surface area (Å²) in [6, 6.07) is 4.62. The molecule has 6 heteroatoms. The molecule has 1 aromatic rings. The van der Waals surface area contributed by atoms with Crippen molar-refractivity contribution in [2.75, 3.05) is 52.6 Å². The zero-order chi connectivity index (χ0) is 19.1. The monoisotopic (exact) mass is 386 g/mol. The third-order valence-electron chi connectivity index (χ3n) is 7.05. The van der Waals surface area contributed by atoms with Crippen molar-refractivity contribution in [3.8, 4) is 11.5 Å². The standard InChI is InChI=1S/C22H30N2O4/c1-16-17-12-19-20(28-11-10-27-19)13-18(17)22(4-2-3-5-22)15-24(16)14-21(25)23-6-8-26-9-7-23/h12-13,16H,2-11,14-15H2,1H3. The van der Waals surface area contributed by atoms with Crippen LogP contribution in [0.1, 0.15) is 49.8 Å². The third kappa shape index (κ3) is 3.07. The summed E-state index contributed by atoms with van der Waals surface area (Å²) >= 11 is 0. The molecule has 1 saturated heterocycles. The van der Waals surface area contributed by atoms with E-state index in [1.807, 2.05) is 4.90 Å². The van der Waals surface area contributed by atoms with Gasteiger partial charge in [0.25, 0.3) is 0 Å². The lowest BCUT2D eigenvalue weighted by molar-refractivity contribution is -0.137. The van der Waals surface area contributed by atoms with Crippen molar-refractivity contribution in [1.82, 2.24) is 9.80 Å². The molecule has 1 saturated carbocycles. The molecule has 0 N–H and O–H groups in total. The Balaban J connectivity index is 1.46. The van der Waals surface area contributed by atoms with Crippen LogP contribution in [-0.2, 0) is 14.9 Å². The van der Waals surface area contributed by atoms with Gasteiger partial charge < -0.3 is 19.1 Å². The number of ether oxygens (including phenoxy) is 3. The molecule has 3 heterocycles. The second-order valence-electron chi connectivity index (χ2n) is 8.64. The van der Waals surface area contributed by atoms with Crippen LogP contribution >= 0.6 is 0 Å². The van der Waals surface area contributed by atoms with Crippen LogP contribution in [0.25, 0.3) is 0 Å². The van der Waals surface area contributed by atoms with Gasteiger partial charge in [-0.2, -0.15) is 0 Å². The van der Waals surface area contributed by atoms with Crippen LogP contribution in [0.4, 0.5) is 0 Å². The van der Waals surface area contributed by atoms with Crippen LogP contribution in [-0.4, -0.2) is 68.3 Å². The van der Waals surface area contributed by atoms with Gasteiger partial charge in [-0.1, -0.05) is 12.8 Å². The molecule has 4 aliphatic rings. The number of carbonyl (C=O) groups is 1. The van der Waals surface area contributed by atoms with Crippen molar-refractivity contribution in [1.29, 1.82) is 0 Å². The zero-order valence-corrected chi connectivity index (χ0v) is 16.7. The fraction of sp³-hybridized carbons (Fsp3) is 0.682. The van der Waals surface area contributed by atoms with Crippen molar-refractivity contribution < 1.29 is 19.0 Å². The Labute approximate surface area is 166 Å². The van der Waals surface area contributed by atoms with Crippen molar-refractivity contribution in [2.24, 2.45) is 0 Å².